The van der Waals surface area contributed by atoms with Crippen LogP contribution in [0.1, 0.15) is 24.0 Å². The zero-order valence-electron chi connectivity index (χ0n) is 12.8. The normalized spacial score (nSPS) is 13.0. The van der Waals surface area contributed by atoms with Crippen molar-refractivity contribution in [3.8, 4) is 0 Å². The second-order valence-electron chi connectivity index (χ2n) is 5.08. The van der Waals surface area contributed by atoms with Crippen LogP contribution in [0.3, 0.4) is 0 Å². The fourth-order valence-corrected chi connectivity index (χ4v) is 2.92. The average Bonchev–Trinajstić information content (AvgIpc) is 3.06. The van der Waals surface area contributed by atoms with Gasteiger partial charge < -0.3 is 10.6 Å². The highest BCUT2D eigenvalue weighted by Gasteiger charge is 2.06. The summed E-state index contributed by atoms with van der Waals surface area (Å²) < 4.78 is 0. The molecule has 0 bridgehead atoms. The lowest BCUT2D eigenvalue weighted by Crippen LogP contribution is -2.39. The van der Waals surface area contributed by atoms with Crippen LogP contribution >= 0.6 is 22.9 Å². The van der Waals surface area contributed by atoms with E-state index in [0.717, 1.165) is 31.0 Å². The predicted octanol–water partition coefficient (Wildman–Crippen LogP) is 3.31. The van der Waals surface area contributed by atoms with Gasteiger partial charge in [-0.05, 0) is 46.4 Å². The number of thiophene rings is 1. The van der Waals surface area contributed by atoms with Crippen LogP contribution in [0.15, 0.2) is 40.1 Å². The Morgan fingerprint density at radius 2 is 2.23 bits per heavy atom. The monoisotopic (exact) mass is 336 g/mol. The van der Waals surface area contributed by atoms with Gasteiger partial charge in [0.15, 0.2) is 5.96 Å². The molecule has 0 aliphatic heterocycles. The molecule has 0 saturated heterocycles. The SMILES string of the molecule is CN=C(NCCc1ccc(Cl)nc1)NCC(C)c1ccsc1. The molecule has 0 radical (unpaired) electrons. The molecule has 4 nitrogen and oxygen atoms in total. The first-order chi connectivity index (χ1) is 10.7. The van der Waals surface area contributed by atoms with Gasteiger partial charge in [0.05, 0.1) is 0 Å². The number of rotatable bonds is 6. The number of aromatic nitrogens is 1. The number of pyridine rings is 1. The fourth-order valence-electron chi connectivity index (χ4n) is 2.02. The van der Waals surface area contributed by atoms with Crippen LogP contribution in [0.5, 0.6) is 0 Å². The lowest BCUT2D eigenvalue weighted by molar-refractivity contribution is 0.699. The molecule has 0 saturated carbocycles. The number of hydrogen-bond acceptors (Lipinski definition) is 3. The summed E-state index contributed by atoms with van der Waals surface area (Å²) in [6.07, 6.45) is 2.68. The zero-order valence-corrected chi connectivity index (χ0v) is 14.4. The molecule has 2 aromatic rings. The highest BCUT2D eigenvalue weighted by atomic mass is 35.5. The molecule has 0 fully saturated rings. The molecule has 0 aliphatic carbocycles. The van der Waals surface area contributed by atoms with Crippen molar-refractivity contribution in [2.24, 2.45) is 4.99 Å². The summed E-state index contributed by atoms with van der Waals surface area (Å²) in [5.74, 6) is 1.29. The average molecular weight is 337 g/mol. The Labute approximate surface area is 140 Å². The van der Waals surface area contributed by atoms with Crippen molar-refractivity contribution in [3.05, 3.63) is 51.4 Å². The lowest BCUT2D eigenvalue weighted by atomic mass is 10.1. The molecule has 0 aliphatic rings. The summed E-state index contributed by atoms with van der Waals surface area (Å²) in [6.45, 7) is 3.87. The Kier molecular flexibility index (Phi) is 6.68. The van der Waals surface area contributed by atoms with Crippen molar-refractivity contribution in [1.82, 2.24) is 15.6 Å². The molecule has 2 aromatic heterocycles. The minimum atomic E-state index is 0.463. The largest absolute Gasteiger partial charge is 0.356 e. The van der Waals surface area contributed by atoms with Crippen LogP contribution in [-0.4, -0.2) is 31.1 Å². The summed E-state index contributed by atoms with van der Waals surface area (Å²) in [5.41, 5.74) is 2.51. The molecule has 2 N–H and O–H groups in total. The van der Waals surface area contributed by atoms with E-state index >= 15 is 0 Å². The van der Waals surface area contributed by atoms with Gasteiger partial charge in [-0.25, -0.2) is 4.98 Å². The molecule has 118 valence electrons. The van der Waals surface area contributed by atoms with E-state index in [4.69, 9.17) is 11.6 Å². The quantitative estimate of drug-likeness (QED) is 0.483. The summed E-state index contributed by atoms with van der Waals surface area (Å²) >= 11 is 7.51. The third-order valence-electron chi connectivity index (χ3n) is 3.41. The molecule has 1 unspecified atom stereocenters. The lowest BCUT2D eigenvalue weighted by Gasteiger charge is -2.15. The number of halogens is 1. The standard InChI is InChI=1S/C16H21ClN4S/c1-12(14-6-8-22-11-14)9-21-16(18-2)19-7-5-13-3-4-15(17)20-10-13/h3-4,6,8,10-12H,5,7,9H2,1-2H3,(H2,18,19,21). The topological polar surface area (TPSA) is 49.3 Å². The van der Waals surface area contributed by atoms with Crippen molar-refractivity contribution < 1.29 is 0 Å². The van der Waals surface area contributed by atoms with Gasteiger partial charge in [-0.3, -0.25) is 4.99 Å². The number of nitrogens with one attached hydrogen (secondary N) is 2. The second kappa shape index (κ2) is 8.76. The third kappa shape index (κ3) is 5.31. The van der Waals surface area contributed by atoms with E-state index in [1.807, 2.05) is 12.1 Å². The maximum absolute atomic E-state index is 5.78. The van der Waals surface area contributed by atoms with Gasteiger partial charge >= 0.3 is 0 Å². The Morgan fingerprint density at radius 3 is 2.86 bits per heavy atom. The van der Waals surface area contributed by atoms with Gasteiger partial charge in [0.25, 0.3) is 0 Å². The van der Waals surface area contributed by atoms with E-state index in [2.05, 4.69) is 44.4 Å². The minimum absolute atomic E-state index is 0.463. The smallest absolute Gasteiger partial charge is 0.191 e. The van der Waals surface area contributed by atoms with E-state index in [-0.39, 0.29) is 0 Å². The van der Waals surface area contributed by atoms with E-state index in [9.17, 15) is 0 Å². The van der Waals surface area contributed by atoms with Gasteiger partial charge in [0.1, 0.15) is 5.15 Å². The molecular weight excluding hydrogens is 316 g/mol. The van der Waals surface area contributed by atoms with Crippen LogP contribution in [0.25, 0.3) is 0 Å². The van der Waals surface area contributed by atoms with Gasteiger partial charge in [0.2, 0.25) is 0 Å². The Morgan fingerprint density at radius 1 is 1.36 bits per heavy atom. The maximum Gasteiger partial charge on any atom is 0.191 e. The second-order valence-corrected chi connectivity index (χ2v) is 6.24. The number of guanidine groups is 1. The molecule has 0 aromatic carbocycles. The summed E-state index contributed by atoms with van der Waals surface area (Å²) in [6, 6.07) is 5.97. The Balaban J connectivity index is 1.72. The van der Waals surface area contributed by atoms with Gasteiger partial charge in [0, 0.05) is 26.3 Å². The third-order valence-corrected chi connectivity index (χ3v) is 4.33. The van der Waals surface area contributed by atoms with E-state index < -0.39 is 0 Å². The fraction of sp³-hybridized carbons (Fsp3) is 0.375. The summed E-state index contributed by atoms with van der Waals surface area (Å²) in [4.78, 5) is 8.32. The molecule has 0 spiro atoms. The maximum atomic E-state index is 5.78. The highest BCUT2D eigenvalue weighted by Crippen LogP contribution is 2.16. The van der Waals surface area contributed by atoms with Crippen LogP contribution in [0, 0.1) is 0 Å². The van der Waals surface area contributed by atoms with Crippen molar-refractivity contribution in [1.29, 1.82) is 0 Å². The predicted molar refractivity (Wildman–Crippen MR) is 95.0 cm³/mol. The molecule has 22 heavy (non-hydrogen) atoms. The van der Waals surface area contributed by atoms with Crippen LogP contribution in [0.4, 0.5) is 0 Å². The van der Waals surface area contributed by atoms with E-state index in [1.165, 1.54) is 5.56 Å². The number of aliphatic imine (C=N–C) groups is 1. The van der Waals surface area contributed by atoms with Gasteiger partial charge in [-0.2, -0.15) is 11.3 Å². The van der Waals surface area contributed by atoms with E-state index in [0.29, 0.717) is 11.1 Å². The first-order valence-corrected chi connectivity index (χ1v) is 8.58. The molecule has 2 rings (SSSR count). The van der Waals surface area contributed by atoms with Crippen molar-refractivity contribution >= 4 is 28.9 Å². The summed E-state index contributed by atoms with van der Waals surface area (Å²) in [7, 11) is 1.79. The Bertz CT molecular complexity index is 581. The molecule has 1 atom stereocenters. The van der Waals surface area contributed by atoms with Gasteiger partial charge in [-0.1, -0.05) is 24.6 Å². The van der Waals surface area contributed by atoms with Gasteiger partial charge in [-0.15, -0.1) is 0 Å². The van der Waals surface area contributed by atoms with Crippen molar-refractivity contribution in [2.45, 2.75) is 19.3 Å². The molecule has 2 heterocycles. The molecule has 6 heteroatoms. The molecular formula is C16H21ClN4S. The first-order valence-electron chi connectivity index (χ1n) is 7.26. The number of nitrogens with zero attached hydrogens (tertiary/aromatic N) is 2. The van der Waals surface area contributed by atoms with E-state index in [1.54, 1.807) is 24.6 Å². The minimum Gasteiger partial charge on any atom is -0.356 e. The number of hydrogen-bond donors (Lipinski definition) is 2. The van der Waals surface area contributed by atoms with Crippen LogP contribution < -0.4 is 10.6 Å². The zero-order chi connectivity index (χ0) is 15.8. The van der Waals surface area contributed by atoms with Crippen LogP contribution in [0.2, 0.25) is 5.15 Å². The summed E-state index contributed by atoms with van der Waals surface area (Å²) in [5, 5.41) is 11.5. The van der Waals surface area contributed by atoms with Crippen molar-refractivity contribution in [2.75, 3.05) is 20.1 Å². The van der Waals surface area contributed by atoms with Crippen LogP contribution in [-0.2, 0) is 6.42 Å². The first kappa shape index (κ1) is 16.8. The molecule has 0 amide bonds. The van der Waals surface area contributed by atoms with Crippen molar-refractivity contribution in [3.63, 3.8) is 0 Å². The Hall–Kier alpha value is -1.59. The highest BCUT2D eigenvalue weighted by molar-refractivity contribution is 7.07.